The average Bonchev–Trinajstić information content (AvgIpc) is 2.47. The number of hydrogen-bond donors (Lipinski definition) is 1. The van der Waals surface area contributed by atoms with E-state index in [1.165, 1.54) is 6.92 Å². The van der Waals surface area contributed by atoms with Crippen molar-refractivity contribution in [3.63, 3.8) is 0 Å². The van der Waals surface area contributed by atoms with Gasteiger partial charge in [0.2, 0.25) is 0 Å². The van der Waals surface area contributed by atoms with Gasteiger partial charge in [0.1, 0.15) is 0 Å². The minimum atomic E-state index is -0.0393. The van der Waals surface area contributed by atoms with Gasteiger partial charge in [0.05, 0.1) is 5.69 Å². The van der Waals surface area contributed by atoms with Crippen molar-refractivity contribution >= 4 is 5.78 Å². The second-order valence-corrected chi connectivity index (χ2v) is 3.23. The first kappa shape index (κ1) is 9.85. The first-order valence-electron chi connectivity index (χ1n) is 4.16. The maximum atomic E-state index is 11.0. The monoisotopic (exact) mass is 182 g/mol. The smallest absolute Gasteiger partial charge is 0.181 e. The SMILES string of the molecule is CC(=O)c1n[nH]nc1CCN(C)C. The molecule has 1 aromatic heterocycles. The molecule has 0 spiro atoms. The molecule has 1 N–H and O–H groups in total. The maximum absolute atomic E-state index is 11.0. The topological polar surface area (TPSA) is 61.9 Å². The van der Waals surface area contributed by atoms with Crippen LogP contribution in [0, 0.1) is 0 Å². The van der Waals surface area contributed by atoms with E-state index < -0.39 is 0 Å². The van der Waals surface area contributed by atoms with E-state index in [9.17, 15) is 4.79 Å². The molecule has 0 saturated heterocycles. The summed E-state index contributed by atoms with van der Waals surface area (Å²) in [5, 5.41) is 10.2. The number of Topliss-reactive ketones (excluding diaryl/α,β-unsaturated/α-hetero) is 1. The van der Waals surface area contributed by atoms with Crippen molar-refractivity contribution < 1.29 is 4.79 Å². The fourth-order valence-corrected chi connectivity index (χ4v) is 1.04. The molecule has 0 aromatic carbocycles. The minimum Gasteiger partial charge on any atom is -0.309 e. The molecule has 1 aromatic rings. The fraction of sp³-hybridized carbons (Fsp3) is 0.625. The highest BCUT2D eigenvalue weighted by Gasteiger charge is 2.11. The van der Waals surface area contributed by atoms with Gasteiger partial charge < -0.3 is 4.90 Å². The number of aromatic nitrogens is 3. The highest BCUT2D eigenvalue weighted by atomic mass is 16.1. The fourth-order valence-electron chi connectivity index (χ4n) is 1.04. The molecule has 0 atom stereocenters. The van der Waals surface area contributed by atoms with E-state index in [0.717, 1.165) is 18.7 Å². The molecular weight excluding hydrogens is 168 g/mol. The number of H-pyrrole nitrogens is 1. The molecule has 0 aliphatic rings. The summed E-state index contributed by atoms with van der Waals surface area (Å²) in [4.78, 5) is 13.1. The third-order valence-corrected chi connectivity index (χ3v) is 1.75. The molecule has 0 saturated carbocycles. The van der Waals surface area contributed by atoms with Crippen LogP contribution in [0.4, 0.5) is 0 Å². The molecule has 0 amide bonds. The Morgan fingerprint density at radius 2 is 2.15 bits per heavy atom. The van der Waals surface area contributed by atoms with Crippen molar-refractivity contribution in [3.05, 3.63) is 11.4 Å². The number of nitrogens with one attached hydrogen (secondary N) is 1. The van der Waals surface area contributed by atoms with Crippen molar-refractivity contribution in [2.24, 2.45) is 0 Å². The Morgan fingerprint density at radius 3 is 2.69 bits per heavy atom. The van der Waals surface area contributed by atoms with Crippen LogP contribution < -0.4 is 0 Å². The van der Waals surface area contributed by atoms with Gasteiger partial charge in [-0.2, -0.15) is 15.4 Å². The molecule has 0 aliphatic carbocycles. The van der Waals surface area contributed by atoms with E-state index in [-0.39, 0.29) is 5.78 Å². The number of carbonyl (C=O) groups is 1. The van der Waals surface area contributed by atoms with Crippen molar-refractivity contribution in [1.29, 1.82) is 0 Å². The molecule has 0 aliphatic heterocycles. The second-order valence-electron chi connectivity index (χ2n) is 3.23. The number of aromatic amines is 1. The number of rotatable bonds is 4. The highest BCUT2D eigenvalue weighted by molar-refractivity contribution is 5.92. The largest absolute Gasteiger partial charge is 0.309 e. The van der Waals surface area contributed by atoms with Crippen LogP contribution in [0.3, 0.4) is 0 Å². The van der Waals surface area contributed by atoms with E-state index in [1.54, 1.807) is 0 Å². The van der Waals surface area contributed by atoms with Crippen LogP contribution in [0.15, 0.2) is 0 Å². The summed E-state index contributed by atoms with van der Waals surface area (Å²) in [6.45, 7) is 2.36. The first-order valence-corrected chi connectivity index (χ1v) is 4.16. The van der Waals surface area contributed by atoms with Gasteiger partial charge in [0, 0.05) is 19.9 Å². The second kappa shape index (κ2) is 4.13. The van der Waals surface area contributed by atoms with E-state index in [4.69, 9.17) is 0 Å². The Labute approximate surface area is 77.1 Å². The third kappa shape index (κ3) is 2.62. The summed E-state index contributed by atoms with van der Waals surface area (Å²) in [6, 6.07) is 0. The van der Waals surface area contributed by atoms with Crippen LogP contribution in [0.2, 0.25) is 0 Å². The molecule has 1 heterocycles. The van der Waals surface area contributed by atoms with Crippen LogP contribution in [0.25, 0.3) is 0 Å². The quantitative estimate of drug-likeness (QED) is 0.671. The van der Waals surface area contributed by atoms with Crippen LogP contribution >= 0.6 is 0 Å². The molecule has 0 fully saturated rings. The molecular formula is C8H14N4O. The molecule has 0 unspecified atom stereocenters. The Morgan fingerprint density at radius 1 is 1.46 bits per heavy atom. The predicted octanol–water partition coefficient (Wildman–Crippen LogP) is 0.111. The lowest BCUT2D eigenvalue weighted by Gasteiger charge is -2.06. The standard InChI is InChI=1S/C8H14N4O/c1-6(13)8-7(9-11-10-8)4-5-12(2)3/h4-5H2,1-3H3,(H,9,10,11). The van der Waals surface area contributed by atoms with Gasteiger partial charge in [-0.3, -0.25) is 4.79 Å². The van der Waals surface area contributed by atoms with E-state index >= 15 is 0 Å². The number of hydrogen-bond acceptors (Lipinski definition) is 4. The zero-order chi connectivity index (χ0) is 9.84. The Kier molecular flexibility index (Phi) is 3.13. The maximum Gasteiger partial charge on any atom is 0.181 e. The predicted molar refractivity (Wildman–Crippen MR) is 48.6 cm³/mol. The summed E-state index contributed by atoms with van der Waals surface area (Å²) in [6.07, 6.45) is 0.748. The van der Waals surface area contributed by atoms with Gasteiger partial charge in [0.25, 0.3) is 0 Å². The Bertz CT molecular complexity index is 292. The van der Waals surface area contributed by atoms with Gasteiger partial charge in [-0.05, 0) is 14.1 Å². The van der Waals surface area contributed by atoms with Crippen molar-refractivity contribution in [3.8, 4) is 0 Å². The van der Waals surface area contributed by atoms with Crippen molar-refractivity contribution in [2.45, 2.75) is 13.3 Å². The molecule has 72 valence electrons. The van der Waals surface area contributed by atoms with Gasteiger partial charge in [-0.15, -0.1) is 0 Å². The molecule has 5 heteroatoms. The lowest BCUT2D eigenvalue weighted by molar-refractivity contribution is 0.101. The van der Waals surface area contributed by atoms with Crippen LogP contribution in [-0.4, -0.2) is 46.7 Å². The van der Waals surface area contributed by atoms with Crippen LogP contribution in [-0.2, 0) is 6.42 Å². The number of carbonyl (C=O) groups excluding carboxylic acids is 1. The van der Waals surface area contributed by atoms with E-state index in [2.05, 4.69) is 15.4 Å². The minimum absolute atomic E-state index is 0.0393. The van der Waals surface area contributed by atoms with Crippen molar-refractivity contribution in [1.82, 2.24) is 20.3 Å². The van der Waals surface area contributed by atoms with E-state index in [1.807, 2.05) is 19.0 Å². The molecule has 0 radical (unpaired) electrons. The normalized spacial score (nSPS) is 10.8. The Hall–Kier alpha value is -1.23. The van der Waals surface area contributed by atoms with Crippen LogP contribution in [0.5, 0.6) is 0 Å². The van der Waals surface area contributed by atoms with Gasteiger partial charge in [0.15, 0.2) is 11.5 Å². The average molecular weight is 182 g/mol. The number of likely N-dealkylation sites (N-methyl/N-ethyl adjacent to an activating group) is 1. The molecule has 1 rings (SSSR count). The molecule has 13 heavy (non-hydrogen) atoms. The summed E-state index contributed by atoms with van der Waals surface area (Å²) in [5.74, 6) is -0.0393. The highest BCUT2D eigenvalue weighted by Crippen LogP contribution is 2.02. The summed E-state index contributed by atoms with van der Waals surface area (Å²) >= 11 is 0. The molecule has 5 nitrogen and oxygen atoms in total. The molecule has 0 bridgehead atoms. The summed E-state index contributed by atoms with van der Waals surface area (Å²) < 4.78 is 0. The number of nitrogens with zero attached hydrogens (tertiary/aromatic N) is 3. The van der Waals surface area contributed by atoms with E-state index in [0.29, 0.717) is 5.69 Å². The summed E-state index contributed by atoms with van der Waals surface area (Å²) in [5.41, 5.74) is 1.21. The van der Waals surface area contributed by atoms with Crippen LogP contribution in [0.1, 0.15) is 23.1 Å². The van der Waals surface area contributed by atoms with Gasteiger partial charge in [-0.25, -0.2) is 0 Å². The summed E-state index contributed by atoms with van der Waals surface area (Å²) in [7, 11) is 3.96. The van der Waals surface area contributed by atoms with Gasteiger partial charge >= 0.3 is 0 Å². The lowest BCUT2D eigenvalue weighted by Crippen LogP contribution is -2.16. The zero-order valence-corrected chi connectivity index (χ0v) is 8.16. The van der Waals surface area contributed by atoms with Gasteiger partial charge in [-0.1, -0.05) is 0 Å². The first-order chi connectivity index (χ1) is 6.11. The lowest BCUT2D eigenvalue weighted by atomic mass is 10.2. The zero-order valence-electron chi connectivity index (χ0n) is 8.16. The third-order valence-electron chi connectivity index (χ3n) is 1.75. The van der Waals surface area contributed by atoms with Crippen molar-refractivity contribution in [2.75, 3.05) is 20.6 Å². The Balaban J connectivity index is 2.65. The number of ketones is 1.